The van der Waals surface area contributed by atoms with Gasteiger partial charge in [0, 0.05) is 0 Å². The lowest BCUT2D eigenvalue weighted by atomic mass is 10.4. The minimum absolute atomic E-state index is 0.0741. The van der Waals surface area contributed by atoms with E-state index < -0.39 is 10.1 Å². The molecule has 0 atom stereocenters. The highest BCUT2D eigenvalue weighted by atomic mass is 32.2. The van der Waals surface area contributed by atoms with Crippen LogP contribution in [0, 0.1) is 11.3 Å². The van der Waals surface area contributed by atoms with Crippen LogP contribution < -0.4 is 0 Å². The Morgan fingerprint density at radius 2 is 1.81 bits per heavy atom. The van der Waals surface area contributed by atoms with E-state index in [1.165, 1.54) is 12.1 Å². The minimum atomic E-state index is -4.00. The summed E-state index contributed by atoms with van der Waals surface area (Å²) in [5.74, 6) is 0. The number of rotatable bonds is 2. The van der Waals surface area contributed by atoms with Crippen molar-refractivity contribution in [3.63, 3.8) is 0 Å². The van der Waals surface area contributed by atoms with Crippen LogP contribution in [0.1, 0.15) is 0 Å². The number of hydrogen-bond acceptors (Lipinski definition) is 4. The maximum Gasteiger partial charge on any atom is 0.294 e. The van der Waals surface area contributed by atoms with Gasteiger partial charge in [-0.2, -0.15) is 13.7 Å². The van der Waals surface area contributed by atoms with Crippen molar-refractivity contribution in [2.75, 3.05) is 20.6 Å². The third kappa shape index (κ3) is 6.95. The van der Waals surface area contributed by atoms with Gasteiger partial charge in [0.05, 0.1) is 17.5 Å². The molecule has 0 aliphatic rings. The maximum atomic E-state index is 10.4. The molecule has 0 fully saturated rings. The first-order valence-corrected chi connectivity index (χ1v) is 5.86. The van der Waals surface area contributed by atoms with Gasteiger partial charge in [0.1, 0.15) is 0 Å². The van der Waals surface area contributed by atoms with E-state index in [0.717, 1.165) is 0 Å². The van der Waals surface area contributed by atoms with Crippen LogP contribution >= 0.6 is 0 Å². The fourth-order valence-corrected chi connectivity index (χ4v) is 1.23. The zero-order valence-corrected chi connectivity index (χ0v) is 9.98. The lowest BCUT2D eigenvalue weighted by Gasteiger charge is -1.97. The lowest BCUT2D eigenvalue weighted by Crippen LogP contribution is -2.10. The normalized spacial score (nSPS) is 10.2. The smallest absolute Gasteiger partial charge is 0.294 e. The molecule has 0 saturated heterocycles. The van der Waals surface area contributed by atoms with Crippen LogP contribution in [0.25, 0.3) is 0 Å². The Hall–Kier alpha value is -1.42. The molecule has 0 unspecified atom stereocenters. The summed E-state index contributed by atoms with van der Waals surface area (Å²) in [6, 6.07) is 9.42. The molecule has 5 nitrogen and oxygen atoms in total. The van der Waals surface area contributed by atoms with Gasteiger partial charge in [-0.3, -0.25) is 9.45 Å². The highest BCUT2D eigenvalue weighted by Crippen LogP contribution is 2.05. The van der Waals surface area contributed by atoms with Crippen molar-refractivity contribution in [3.05, 3.63) is 30.3 Å². The molecule has 16 heavy (non-hydrogen) atoms. The summed E-state index contributed by atoms with van der Waals surface area (Å²) in [6.45, 7) is 0.514. The second-order valence-corrected chi connectivity index (χ2v) is 4.61. The molecule has 0 aromatic heterocycles. The Kier molecular flexibility index (Phi) is 6.34. The topological polar surface area (TPSA) is 81.4 Å². The monoisotopic (exact) mass is 242 g/mol. The molecule has 1 aromatic rings. The van der Waals surface area contributed by atoms with Gasteiger partial charge in [0.2, 0.25) is 0 Å². The van der Waals surface area contributed by atoms with E-state index in [9.17, 15) is 8.42 Å². The van der Waals surface area contributed by atoms with Crippen molar-refractivity contribution in [1.29, 1.82) is 5.26 Å². The predicted octanol–water partition coefficient (Wildman–Crippen LogP) is 1.00. The van der Waals surface area contributed by atoms with Crippen LogP contribution in [-0.4, -0.2) is 38.5 Å². The first-order valence-electron chi connectivity index (χ1n) is 4.42. The van der Waals surface area contributed by atoms with E-state index in [-0.39, 0.29) is 4.90 Å². The quantitative estimate of drug-likeness (QED) is 0.618. The molecule has 0 aliphatic heterocycles. The van der Waals surface area contributed by atoms with Crippen molar-refractivity contribution in [2.45, 2.75) is 4.90 Å². The highest BCUT2D eigenvalue weighted by molar-refractivity contribution is 7.85. The zero-order valence-electron chi connectivity index (χ0n) is 9.16. The van der Waals surface area contributed by atoms with Gasteiger partial charge in [0.15, 0.2) is 0 Å². The lowest BCUT2D eigenvalue weighted by molar-refractivity contribution is 0.461. The standard InChI is InChI=1S/C6H6O3S.C4H8N2/c7-10(8,9)6-4-2-1-3-5-6;1-6(2)4-3-5/h1-5H,(H,7,8,9);4H2,1-2H3. The van der Waals surface area contributed by atoms with Gasteiger partial charge in [-0.25, -0.2) is 0 Å². The largest absolute Gasteiger partial charge is 0.297 e. The summed E-state index contributed by atoms with van der Waals surface area (Å²) in [7, 11) is -0.274. The number of benzene rings is 1. The fourth-order valence-electron chi connectivity index (χ4n) is 0.734. The van der Waals surface area contributed by atoms with Gasteiger partial charge in [-0.05, 0) is 26.2 Å². The summed E-state index contributed by atoms with van der Waals surface area (Å²) in [6.07, 6.45) is 0. The molecule has 0 radical (unpaired) electrons. The van der Waals surface area contributed by atoms with Crippen molar-refractivity contribution in [3.8, 4) is 6.07 Å². The van der Waals surface area contributed by atoms with E-state index >= 15 is 0 Å². The van der Waals surface area contributed by atoms with Crippen molar-refractivity contribution < 1.29 is 13.0 Å². The molecular weight excluding hydrogens is 228 g/mol. The first kappa shape index (κ1) is 14.6. The Bertz CT molecular complexity index is 435. The SMILES string of the molecule is CN(C)CC#N.O=S(=O)(O)c1ccccc1. The fraction of sp³-hybridized carbons (Fsp3) is 0.300. The molecule has 0 heterocycles. The Balaban J connectivity index is 0.000000325. The molecule has 0 amide bonds. The molecule has 1 N–H and O–H groups in total. The third-order valence-electron chi connectivity index (χ3n) is 1.43. The van der Waals surface area contributed by atoms with Crippen molar-refractivity contribution in [2.24, 2.45) is 0 Å². The van der Waals surface area contributed by atoms with E-state index in [4.69, 9.17) is 9.81 Å². The number of hydrogen-bond donors (Lipinski definition) is 1. The molecule has 0 saturated carbocycles. The second-order valence-electron chi connectivity index (χ2n) is 3.18. The first-order chi connectivity index (χ1) is 7.38. The molecule has 0 spiro atoms. The summed E-state index contributed by atoms with van der Waals surface area (Å²) in [4.78, 5) is 1.75. The van der Waals surface area contributed by atoms with Gasteiger partial charge in [-0.15, -0.1) is 0 Å². The molecule has 0 bridgehead atoms. The third-order valence-corrected chi connectivity index (χ3v) is 2.30. The molecular formula is C10H14N2O3S. The van der Waals surface area contributed by atoms with Crippen molar-refractivity contribution >= 4 is 10.1 Å². The predicted molar refractivity (Wildman–Crippen MR) is 60.4 cm³/mol. The van der Waals surface area contributed by atoms with E-state index in [0.29, 0.717) is 6.54 Å². The summed E-state index contributed by atoms with van der Waals surface area (Å²) in [5, 5.41) is 7.94. The van der Waals surface area contributed by atoms with Gasteiger partial charge in [0.25, 0.3) is 10.1 Å². The van der Waals surface area contributed by atoms with E-state index in [2.05, 4.69) is 0 Å². The molecule has 88 valence electrons. The van der Waals surface area contributed by atoms with Crippen LogP contribution in [0.15, 0.2) is 35.2 Å². The van der Waals surface area contributed by atoms with E-state index in [1.54, 1.807) is 18.2 Å². The van der Waals surface area contributed by atoms with Crippen LogP contribution in [0.4, 0.5) is 0 Å². The van der Waals surface area contributed by atoms with Crippen molar-refractivity contribution in [1.82, 2.24) is 4.90 Å². The van der Waals surface area contributed by atoms with Gasteiger partial charge >= 0.3 is 0 Å². The minimum Gasteiger partial charge on any atom is -0.297 e. The second kappa shape index (κ2) is 6.95. The summed E-state index contributed by atoms with van der Waals surface area (Å²) in [5.41, 5.74) is 0. The van der Waals surface area contributed by atoms with E-state index in [1.807, 2.05) is 25.1 Å². The average molecular weight is 242 g/mol. The average Bonchev–Trinajstić information content (AvgIpc) is 2.18. The molecule has 1 rings (SSSR count). The zero-order chi connectivity index (χ0) is 12.6. The summed E-state index contributed by atoms with van der Waals surface area (Å²) >= 11 is 0. The molecule has 1 aromatic carbocycles. The summed E-state index contributed by atoms with van der Waals surface area (Å²) < 4.78 is 29.2. The van der Waals surface area contributed by atoms with Gasteiger partial charge < -0.3 is 0 Å². The van der Waals surface area contributed by atoms with Gasteiger partial charge in [-0.1, -0.05) is 18.2 Å². The molecule has 0 aliphatic carbocycles. The van der Waals surface area contributed by atoms with Crippen LogP contribution in [0.5, 0.6) is 0 Å². The van der Waals surface area contributed by atoms with Crippen LogP contribution in [0.2, 0.25) is 0 Å². The van der Waals surface area contributed by atoms with Crippen LogP contribution in [0.3, 0.4) is 0 Å². The number of nitriles is 1. The molecule has 6 heteroatoms. The number of nitrogens with zero attached hydrogens (tertiary/aromatic N) is 2. The Morgan fingerprint density at radius 1 is 1.31 bits per heavy atom. The van der Waals surface area contributed by atoms with Crippen LogP contribution in [-0.2, 0) is 10.1 Å². The Labute approximate surface area is 95.7 Å². The highest BCUT2D eigenvalue weighted by Gasteiger charge is 2.05. The maximum absolute atomic E-state index is 10.4. The Morgan fingerprint density at radius 3 is 2.00 bits per heavy atom.